The van der Waals surface area contributed by atoms with E-state index >= 15 is 0 Å². The summed E-state index contributed by atoms with van der Waals surface area (Å²) in [5.74, 6) is -1.27. The minimum Gasteiger partial charge on any atom is -0.453 e. The van der Waals surface area contributed by atoms with E-state index in [1.807, 2.05) is 54.6 Å². The largest absolute Gasteiger partial charge is 0.453 e. The number of rotatable bonds is 7. The zero-order chi connectivity index (χ0) is 24.2. The van der Waals surface area contributed by atoms with Crippen molar-refractivity contribution >= 4 is 33.9 Å². The molecule has 1 atom stereocenters. The number of nitrogens with one attached hydrogen (secondary N) is 1. The Labute approximate surface area is 196 Å². The van der Waals surface area contributed by atoms with Crippen molar-refractivity contribution < 1.29 is 14.3 Å². The molecule has 2 aromatic heterocycles. The molecule has 0 fully saturated rings. The van der Waals surface area contributed by atoms with Gasteiger partial charge in [0, 0.05) is 23.5 Å². The van der Waals surface area contributed by atoms with E-state index in [4.69, 9.17) is 4.74 Å². The highest BCUT2D eigenvalue weighted by Gasteiger charge is 2.28. The minimum absolute atomic E-state index is 0.0400. The second-order valence-electron chi connectivity index (χ2n) is 7.77. The lowest BCUT2D eigenvalue weighted by Crippen LogP contribution is -2.31. The topological polar surface area (TPSA) is 103 Å². The van der Waals surface area contributed by atoms with Crippen LogP contribution in [0.2, 0.25) is 0 Å². The van der Waals surface area contributed by atoms with E-state index in [1.165, 1.54) is 6.92 Å². The fourth-order valence-electron chi connectivity index (χ4n) is 3.75. The molecule has 4 rings (SSSR count). The number of esters is 1. The molecule has 0 saturated heterocycles. The smallest absolute Gasteiger partial charge is 0.360 e. The van der Waals surface area contributed by atoms with Crippen LogP contribution < -0.4 is 10.9 Å². The Hall–Kier alpha value is -4.33. The summed E-state index contributed by atoms with van der Waals surface area (Å²) in [6.07, 6.45) is 2.70. The van der Waals surface area contributed by atoms with E-state index in [0.29, 0.717) is 5.69 Å². The molecule has 0 amide bonds. The molecule has 2 heterocycles. The van der Waals surface area contributed by atoms with Gasteiger partial charge in [-0.1, -0.05) is 54.6 Å². The molecule has 2 aromatic carbocycles. The number of hydrogen-bond donors (Lipinski definition) is 1. The summed E-state index contributed by atoms with van der Waals surface area (Å²) in [6.45, 7) is 4.95. The molecule has 4 aromatic rings. The van der Waals surface area contributed by atoms with Crippen molar-refractivity contribution in [3.8, 4) is 0 Å². The predicted molar refractivity (Wildman–Crippen MR) is 129 cm³/mol. The van der Waals surface area contributed by atoms with E-state index in [-0.39, 0.29) is 23.5 Å². The van der Waals surface area contributed by atoms with Crippen molar-refractivity contribution in [2.75, 3.05) is 5.32 Å². The molecule has 172 valence electrons. The van der Waals surface area contributed by atoms with Crippen LogP contribution in [-0.4, -0.2) is 26.5 Å². The van der Waals surface area contributed by atoms with E-state index < -0.39 is 23.4 Å². The summed E-state index contributed by atoms with van der Waals surface area (Å²) in [5.41, 5.74) is 0.433. The number of pyridine rings is 1. The van der Waals surface area contributed by atoms with Gasteiger partial charge in [0.05, 0.1) is 17.4 Å². The molecule has 0 spiro atoms. The van der Waals surface area contributed by atoms with Crippen molar-refractivity contribution in [1.29, 1.82) is 0 Å². The summed E-state index contributed by atoms with van der Waals surface area (Å²) in [4.78, 5) is 43.3. The van der Waals surface area contributed by atoms with Gasteiger partial charge in [-0.05, 0) is 26.3 Å². The second-order valence-corrected chi connectivity index (χ2v) is 7.77. The molecule has 1 unspecified atom stereocenters. The number of fused-ring (bicyclic) bond motifs is 1. The fourth-order valence-corrected chi connectivity index (χ4v) is 3.75. The molecule has 8 nitrogen and oxygen atoms in total. The van der Waals surface area contributed by atoms with Gasteiger partial charge in [0.15, 0.2) is 11.5 Å². The van der Waals surface area contributed by atoms with E-state index in [9.17, 15) is 14.4 Å². The lowest BCUT2D eigenvalue weighted by molar-refractivity contribution is 0.0325. The molecule has 1 N–H and O–H groups in total. The van der Waals surface area contributed by atoms with E-state index in [0.717, 1.165) is 21.0 Å². The molecule has 0 aliphatic rings. The Morgan fingerprint density at radius 2 is 1.76 bits per heavy atom. The van der Waals surface area contributed by atoms with Gasteiger partial charge in [-0.3, -0.25) is 14.6 Å². The van der Waals surface area contributed by atoms with Crippen LogP contribution in [0.15, 0.2) is 71.8 Å². The number of aryl methyl sites for hydroxylation is 1. The number of aromatic nitrogens is 3. The fraction of sp³-hybridized carbons (Fsp3) is 0.192. The van der Waals surface area contributed by atoms with Crippen molar-refractivity contribution in [3.63, 3.8) is 0 Å². The Morgan fingerprint density at radius 3 is 2.47 bits per heavy atom. The van der Waals surface area contributed by atoms with Crippen molar-refractivity contribution in [2.45, 2.75) is 33.4 Å². The first kappa shape index (κ1) is 22.8. The number of benzene rings is 2. The molecule has 0 radical (unpaired) electrons. The minimum atomic E-state index is -0.789. The molecule has 8 heteroatoms. The summed E-state index contributed by atoms with van der Waals surface area (Å²) in [7, 11) is 0. The van der Waals surface area contributed by atoms with Crippen LogP contribution in [0, 0.1) is 0 Å². The maximum Gasteiger partial charge on any atom is 0.360 e. The third-order valence-corrected chi connectivity index (χ3v) is 5.48. The second kappa shape index (κ2) is 9.66. The van der Waals surface area contributed by atoms with Gasteiger partial charge in [0.1, 0.15) is 11.8 Å². The zero-order valence-corrected chi connectivity index (χ0v) is 19.1. The highest BCUT2D eigenvalue weighted by Crippen LogP contribution is 2.27. The first-order valence-electron chi connectivity index (χ1n) is 10.9. The molecule has 0 aliphatic heterocycles. The summed E-state index contributed by atoms with van der Waals surface area (Å²) in [5, 5.41) is 8.90. The third kappa shape index (κ3) is 4.43. The summed E-state index contributed by atoms with van der Waals surface area (Å²) in [6, 6.07) is 16.7. The van der Waals surface area contributed by atoms with Crippen LogP contribution in [0.4, 0.5) is 11.4 Å². The van der Waals surface area contributed by atoms with Crippen molar-refractivity contribution in [3.05, 3.63) is 94.2 Å². The number of carbonyl (C=O) groups excluding carboxylic acids is 2. The number of ketones is 1. The summed E-state index contributed by atoms with van der Waals surface area (Å²) < 4.78 is 6.75. The normalized spacial score (nSPS) is 11.7. The van der Waals surface area contributed by atoms with Gasteiger partial charge >= 0.3 is 5.97 Å². The molecular weight excluding hydrogens is 432 g/mol. The Balaban J connectivity index is 1.82. The van der Waals surface area contributed by atoms with Gasteiger partial charge in [0.25, 0.3) is 5.56 Å². The van der Waals surface area contributed by atoms with Crippen LogP contribution in [0.3, 0.4) is 0 Å². The lowest BCUT2D eigenvalue weighted by atomic mass is 10.1. The van der Waals surface area contributed by atoms with Gasteiger partial charge < -0.3 is 10.1 Å². The zero-order valence-electron chi connectivity index (χ0n) is 19.1. The lowest BCUT2D eigenvalue weighted by Gasteiger charge is -2.18. The maximum atomic E-state index is 13.2. The van der Waals surface area contributed by atoms with Crippen LogP contribution in [-0.2, 0) is 11.3 Å². The van der Waals surface area contributed by atoms with Gasteiger partial charge in [-0.15, -0.1) is 0 Å². The van der Waals surface area contributed by atoms with Gasteiger partial charge in [-0.25, -0.2) is 9.48 Å². The molecular formula is C26H24N4O4. The molecule has 0 saturated carbocycles. The first-order valence-corrected chi connectivity index (χ1v) is 10.9. The first-order chi connectivity index (χ1) is 16.4. The molecule has 34 heavy (non-hydrogen) atoms. The Bertz CT molecular complexity index is 1420. The number of Topliss-reactive ketones (excluding diaryl/α,β-unsaturated/α-hetero) is 1. The van der Waals surface area contributed by atoms with Crippen LogP contribution in [0.1, 0.15) is 53.3 Å². The molecule has 0 bridgehead atoms. The monoisotopic (exact) mass is 456 g/mol. The average Bonchev–Trinajstić information content (AvgIpc) is 2.85. The summed E-state index contributed by atoms with van der Waals surface area (Å²) >= 11 is 0. The predicted octanol–water partition coefficient (Wildman–Crippen LogP) is 4.68. The number of nitrogens with zero attached hydrogens (tertiary/aromatic N) is 3. The van der Waals surface area contributed by atoms with Crippen LogP contribution in [0.25, 0.3) is 10.8 Å². The van der Waals surface area contributed by atoms with E-state index in [2.05, 4.69) is 15.4 Å². The van der Waals surface area contributed by atoms with Crippen LogP contribution >= 0.6 is 0 Å². The van der Waals surface area contributed by atoms with Crippen molar-refractivity contribution in [1.82, 2.24) is 14.8 Å². The maximum absolute atomic E-state index is 13.2. The Kier molecular flexibility index (Phi) is 6.49. The highest BCUT2D eigenvalue weighted by atomic mass is 16.5. The Morgan fingerprint density at radius 1 is 1.06 bits per heavy atom. The number of ether oxygens (including phenoxy) is 1. The standard InChI is InChI=1S/C26H24N4O4/c1-4-30-25(32)23(28-21-15-27-14-19-12-8-9-13-20(19)21)22(16(2)31)24(29-30)26(33)34-17(3)18-10-6-5-7-11-18/h5-15,17,28H,4H2,1-3H3. The average molecular weight is 457 g/mol. The number of anilines is 2. The van der Waals surface area contributed by atoms with Gasteiger partial charge in [-0.2, -0.15) is 5.10 Å². The van der Waals surface area contributed by atoms with Crippen LogP contribution in [0.5, 0.6) is 0 Å². The highest BCUT2D eigenvalue weighted by molar-refractivity contribution is 6.09. The van der Waals surface area contributed by atoms with Crippen molar-refractivity contribution in [2.24, 2.45) is 0 Å². The van der Waals surface area contributed by atoms with Gasteiger partial charge in [0.2, 0.25) is 0 Å². The quantitative estimate of drug-likeness (QED) is 0.318. The number of hydrogen-bond acceptors (Lipinski definition) is 7. The SMILES string of the molecule is CCn1nc(C(=O)OC(C)c2ccccc2)c(C(C)=O)c(Nc2cncc3ccccc23)c1=O. The molecule has 0 aliphatic carbocycles. The number of carbonyl (C=O) groups is 2. The van der Waals surface area contributed by atoms with E-state index in [1.54, 1.807) is 26.2 Å². The third-order valence-electron chi connectivity index (χ3n) is 5.48.